The average molecular weight is 397 g/mol. The van der Waals surface area contributed by atoms with Crippen LogP contribution in [0.4, 0.5) is 5.69 Å². The van der Waals surface area contributed by atoms with Crippen LogP contribution >= 0.6 is 0 Å². The Kier molecular flexibility index (Phi) is 7.97. The molecular weight excluding hydrogens is 374 g/mol. The highest BCUT2D eigenvalue weighted by molar-refractivity contribution is 5.99. The molecule has 2 aromatic rings. The quantitative estimate of drug-likeness (QED) is 0.396. The number of methoxy groups -OCH3 is 1. The molecule has 0 fully saturated rings. The van der Waals surface area contributed by atoms with E-state index in [2.05, 4.69) is 5.32 Å². The summed E-state index contributed by atoms with van der Waals surface area (Å²) in [5.41, 5.74) is 1.69. The van der Waals surface area contributed by atoms with Crippen LogP contribution in [0.3, 0.4) is 0 Å². The van der Waals surface area contributed by atoms with Gasteiger partial charge in [0.25, 0.3) is 0 Å². The highest BCUT2D eigenvalue weighted by Crippen LogP contribution is 2.28. The molecule has 1 amide bonds. The average Bonchev–Trinajstić information content (AvgIpc) is 2.71. The molecule has 0 atom stereocenters. The molecule has 0 aliphatic rings. The van der Waals surface area contributed by atoms with E-state index in [-0.39, 0.29) is 18.3 Å². The fraction of sp³-hybridized carbons (Fsp3) is 0.227. The maximum Gasteiger partial charge on any atom is 0.331 e. The van der Waals surface area contributed by atoms with E-state index in [9.17, 15) is 14.4 Å². The first kappa shape index (κ1) is 21.7. The minimum absolute atomic E-state index is 0.199. The molecule has 0 spiro atoms. The molecule has 0 bridgehead atoms. The van der Waals surface area contributed by atoms with Crippen molar-refractivity contribution in [2.24, 2.45) is 0 Å². The Balaban J connectivity index is 1.91. The maximum atomic E-state index is 12.1. The summed E-state index contributed by atoms with van der Waals surface area (Å²) in [5, 5.41) is 2.61. The van der Waals surface area contributed by atoms with Crippen molar-refractivity contribution in [1.29, 1.82) is 0 Å². The third-order valence-corrected chi connectivity index (χ3v) is 3.77. The van der Waals surface area contributed by atoms with Crippen molar-refractivity contribution in [2.45, 2.75) is 13.8 Å². The lowest BCUT2D eigenvalue weighted by Gasteiger charge is -2.09. The molecule has 2 rings (SSSR count). The van der Waals surface area contributed by atoms with Crippen LogP contribution in [0, 0.1) is 0 Å². The van der Waals surface area contributed by atoms with E-state index < -0.39 is 5.97 Å². The summed E-state index contributed by atoms with van der Waals surface area (Å²) < 4.78 is 15.7. The van der Waals surface area contributed by atoms with E-state index in [1.54, 1.807) is 55.7 Å². The summed E-state index contributed by atoms with van der Waals surface area (Å²) in [7, 11) is 1.55. The molecule has 152 valence electrons. The van der Waals surface area contributed by atoms with Gasteiger partial charge in [-0.15, -0.1) is 0 Å². The Bertz CT molecular complexity index is 902. The number of hydrogen-bond donors (Lipinski definition) is 1. The predicted molar refractivity (Wildman–Crippen MR) is 109 cm³/mol. The van der Waals surface area contributed by atoms with Crippen LogP contribution in [0.2, 0.25) is 0 Å². The second-order valence-corrected chi connectivity index (χ2v) is 5.97. The van der Waals surface area contributed by atoms with Gasteiger partial charge in [0.1, 0.15) is 0 Å². The Morgan fingerprint density at radius 3 is 2.38 bits per heavy atom. The molecule has 0 saturated heterocycles. The van der Waals surface area contributed by atoms with E-state index in [4.69, 9.17) is 14.2 Å². The van der Waals surface area contributed by atoms with Crippen LogP contribution < -0.4 is 14.8 Å². The van der Waals surface area contributed by atoms with E-state index in [0.29, 0.717) is 29.4 Å². The molecule has 7 nitrogen and oxygen atoms in total. The number of rotatable bonds is 9. The van der Waals surface area contributed by atoms with Crippen molar-refractivity contribution >= 4 is 29.4 Å². The minimum atomic E-state index is -0.637. The topological polar surface area (TPSA) is 90.9 Å². The van der Waals surface area contributed by atoms with Crippen LogP contribution in [0.25, 0.3) is 6.08 Å². The van der Waals surface area contributed by atoms with Gasteiger partial charge in [0.15, 0.2) is 23.9 Å². The summed E-state index contributed by atoms with van der Waals surface area (Å²) in [5.74, 6) is -0.00803. The van der Waals surface area contributed by atoms with E-state index >= 15 is 0 Å². The van der Waals surface area contributed by atoms with Gasteiger partial charge in [0.05, 0.1) is 13.7 Å². The monoisotopic (exact) mass is 397 g/mol. The molecule has 0 heterocycles. The fourth-order valence-electron chi connectivity index (χ4n) is 2.44. The number of carbonyl (C=O) groups is 3. The Labute approximate surface area is 169 Å². The van der Waals surface area contributed by atoms with Gasteiger partial charge in [-0.05, 0) is 55.0 Å². The largest absolute Gasteiger partial charge is 0.493 e. The summed E-state index contributed by atoms with van der Waals surface area (Å²) in [4.78, 5) is 35.0. The lowest BCUT2D eigenvalue weighted by atomic mass is 10.1. The SMILES string of the molecule is CCOc1cc(/C=C/C(=O)OCC(=O)c2ccc(NC(C)=O)cc2)ccc1OC. The lowest BCUT2D eigenvalue weighted by molar-refractivity contribution is -0.136. The molecule has 0 saturated carbocycles. The summed E-state index contributed by atoms with van der Waals surface area (Å²) in [6.07, 6.45) is 2.81. The number of ether oxygens (including phenoxy) is 3. The minimum Gasteiger partial charge on any atom is -0.493 e. The summed E-state index contributed by atoms with van der Waals surface area (Å²) in [6, 6.07) is 11.6. The highest BCUT2D eigenvalue weighted by Gasteiger charge is 2.09. The van der Waals surface area contributed by atoms with Crippen LogP contribution in [0.15, 0.2) is 48.5 Å². The van der Waals surface area contributed by atoms with Crippen LogP contribution in [0.1, 0.15) is 29.8 Å². The standard InChI is InChI=1S/C22H23NO6/c1-4-28-21-13-16(5-11-20(21)27-3)6-12-22(26)29-14-19(25)17-7-9-18(10-8-17)23-15(2)24/h5-13H,4,14H2,1-3H3,(H,23,24)/b12-6+. The number of ketones is 1. The van der Waals surface area contributed by atoms with Crippen LogP contribution in [-0.4, -0.2) is 38.0 Å². The maximum absolute atomic E-state index is 12.1. The second kappa shape index (κ2) is 10.7. The van der Waals surface area contributed by atoms with Gasteiger partial charge in [-0.2, -0.15) is 0 Å². The Morgan fingerprint density at radius 2 is 1.76 bits per heavy atom. The number of esters is 1. The lowest BCUT2D eigenvalue weighted by Crippen LogP contribution is -2.13. The smallest absolute Gasteiger partial charge is 0.331 e. The number of carbonyl (C=O) groups excluding carboxylic acids is 3. The predicted octanol–water partition coefficient (Wildman–Crippen LogP) is 3.49. The molecule has 1 N–H and O–H groups in total. The van der Waals surface area contributed by atoms with E-state index in [0.717, 1.165) is 5.56 Å². The molecule has 0 aromatic heterocycles. The third-order valence-electron chi connectivity index (χ3n) is 3.77. The van der Waals surface area contributed by atoms with Gasteiger partial charge >= 0.3 is 5.97 Å². The first-order valence-corrected chi connectivity index (χ1v) is 8.99. The molecule has 7 heteroatoms. The molecule has 0 aliphatic heterocycles. The van der Waals surface area contributed by atoms with Gasteiger partial charge in [0.2, 0.25) is 5.91 Å². The zero-order valence-electron chi connectivity index (χ0n) is 16.6. The zero-order chi connectivity index (χ0) is 21.2. The van der Waals surface area contributed by atoms with Crippen LogP contribution in [-0.2, 0) is 14.3 Å². The van der Waals surface area contributed by atoms with Crippen molar-refractivity contribution in [2.75, 3.05) is 25.6 Å². The molecule has 2 aromatic carbocycles. The first-order valence-electron chi connectivity index (χ1n) is 8.99. The van der Waals surface area contributed by atoms with Gasteiger partial charge in [-0.1, -0.05) is 6.07 Å². The van der Waals surface area contributed by atoms with Gasteiger partial charge < -0.3 is 19.5 Å². The van der Waals surface area contributed by atoms with E-state index in [1.165, 1.54) is 13.0 Å². The number of nitrogens with one attached hydrogen (secondary N) is 1. The number of benzene rings is 2. The zero-order valence-corrected chi connectivity index (χ0v) is 16.6. The van der Waals surface area contributed by atoms with Gasteiger partial charge in [0, 0.05) is 24.3 Å². The number of anilines is 1. The number of hydrogen-bond acceptors (Lipinski definition) is 6. The highest BCUT2D eigenvalue weighted by atomic mass is 16.5. The van der Waals surface area contributed by atoms with E-state index in [1.807, 2.05) is 6.92 Å². The Morgan fingerprint density at radius 1 is 1.03 bits per heavy atom. The van der Waals surface area contributed by atoms with Crippen molar-refractivity contribution in [3.8, 4) is 11.5 Å². The number of Topliss-reactive ketones (excluding diaryl/α,β-unsaturated/α-hetero) is 1. The molecule has 0 radical (unpaired) electrons. The third kappa shape index (κ3) is 6.80. The summed E-state index contributed by atoms with van der Waals surface area (Å²) in [6.45, 7) is 3.37. The fourth-order valence-corrected chi connectivity index (χ4v) is 2.44. The van der Waals surface area contributed by atoms with Crippen molar-refractivity contribution in [1.82, 2.24) is 0 Å². The Hall–Kier alpha value is -3.61. The van der Waals surface area contributed by atoms with Crippen molar-refractivity contribution in [3.05, 3.63) is 59.7 Å². The van der Waals surface area contributed by atoms with Crippen molar-refractivity contribution in [3.63, 3.8) is 0 Å². The molecule has 29 heavy (non-hydrogen) atoms. The van der Waals surface area contributed by atoms with Crippen LogP contribution in [0.5, 0.6) is 11.5 Å². The molecule has 0 unspecified atom stereocenters. The normalized spacial score (nSPS) is 10.4. The number of amides is 1. The van der Waals surface area contributed by atoms with Crippen molar-refractivity contribution < 1.29 is 28.6 Å². The summed E-state index contributed by atoms with van der Waals surface area (Å²) >= 11 is 0. The first-order chi connectivity index (χ1) is 13.9. The van der Waals surface area contributed by atoms with Gasteiger partial charge in [-0.25, -0.2) is 4.79 Å². The molecular formula is C22H23NO6. The molecule has 0 aliphatic carbocycles. The van der Waals surface area contributed by atoms with Gasteiger partial charge in [-0.3, -0.25) is 9.59 Å². The second-order valence-electron chi connectivity index (χ2n) is 5.97.